The number of hydrogen-bond donors (Lipinski definition) is 1. The summed E-state index contributed by atoms with van der Waals surface area (Å²) in [5.41, 5.74) is 0.580. The number of carbonyl (C=O) groups is 1. The van der Waals surface area contributed by atoms with Gasteiger partial charge in [0.2, 0.25) is 0 Å². The normalized spacial score (nSPS) is 13.9. The Labute approximate surface area is 186 Å². The molecule has 0 fully saturated rings. The van der Waals surface area contributed by atoms with E-state index in [-0.39, 0.29) is 29.5 Å². The van der Waals surface area contributed by atoms with Crippen molar-refractivity contribution in [2.45, 2.75) is 32.2 Å². The van der Waals surface area contributed by atoms with Crippen molar-refractivity contribution in [2.24, 2.45) is 0 Å². The highest BCUT2D eigenvalue weighted by Crippen LogP contribution is 2.38. The Kier molecular flexibility index (Phi) is 5.57. The number of anilines is 1. The molecule has 0 saturated carbocycles. The molecule has 1 aliphatic heterocycles. The van der Waals surface area contributed by atoms with Crippen LogP contribution in [-0.4, -0.2) is 33.8 Å². The number of amides is 1. The van der Waals surface area contributed by atoms with E-state index in [1.54, 1.807) is 26.0 Å². The number of aromatic nitrogens is 2. The number of rotatable bonds is 5. The third-order valence-electron chi connectivity index (χ3n) is 5.17. The first-order chi connectivity index (χ1) is 15.4. The summed E-state index contributed by atoms with van der Waals surface area (Å²) in [5, 5.41) is 10.1. The van der Waals surface area contributed by atoms with Crippen LogP contribution in [0.2, 0.25) is 0 Å². The SMILES string of the molecule is CC(C)(O)c1ccc(N2Cc3c(ccnc3-c3ccc(F)cc3OCC(F)(F)F)C2=O)nc1. The van der Waals surface area contributed by atoms with Crippen LogP contribution in [0.25, 0.3) is 11.3 Å². The van der Waals surface area contributed by atoms with E-state index in [0.29, 0.717) is 22.5 Å². The number of hydrogen-bond acceptors (Lipinski definition) is 5. The smallest absolute Gasteiger partial charge is 0.422 e. The molecule has 0 saturated heterocycles. The van der Waals surface area contributed by atoms with Crippen LogP contribution in [0.4, 0.5) is 23.4 Å². The second kappa shape index (κ2) is 8.11. The Balaban J connectivity index is 1.70. The zero-order chi connectivity index (χ0) is 24.0. The fraction of sp³-hybridized carbons (Fsp3) is 0.261. The number of aliphatic hydroxyl groups is 1. The van der Waals surface area contributed by atoms with E-state index in [9.17, 15) is 27.5 Å². The average Bonchev–Trinajstić information content (AvgIpc) is 3.08. The van der Waals surface area contributed by atoms with E-state index >= 15 is 0 Å². The molecule has 10 heteroatoms. The molecular weight excluding hydrogens is 442 g/mol. The second-order valence-electron chi connectivity index (χ2n) is 8.09. The topological polar surface area (TPSA) is 75.6 Å². The average molecular weight is 461 g/mol. The Hall–Kier alpha value is -3.53. The van der Waals surface area contributed by atoms with Crippen LogP contribution in [0.5, 0.6) is 5.75 Å². The number of pyridine rings is 2. The molecule has 3 heterocycles. The van der Waals surface area contributed by atoms with Crippen molar-refractivity contribution >= 4 is 11.7 Å². The lowest BCUT2D eigenvalue weighted by Crippen LogP contribution is -2.24. The van der Waals surface area contributed by atoms with Crippen molar-refractivity contribution in [1.82, 2.24) is 9.97 Å². The summed E-state index contributed by atoms with van der Waals surface area (Å²) in [6.45, 7) is 1.68. The number of alkyl halides is 3. The van der Waals surface area contributed by atoms with Crippen molar-refractivity contribution in [3.63, 3.8) is 0 Å². The fourth-order valence-corrected chi connectivity index (χ4v) is 3.52. The van der Waals surface area contributed by atoms with Crippen molar-refractivity contribution in [3.05, 3.63) is 71.3 Å². The second-order valence-corrected chi connectivity index (χ2v) is 8.09. The van der Waals surface area contributed by atoms with Crippen LogP contribution >= 0.6 is 0 Å². The number of nitrogens with zero attached hydrogens (tertiary/aromatic N) is 3. The standard InChI is InChI=1S/C23H19F4N3O3/c1-22(2,32)13-3-6-19(29-10-13)30-11-17-15(21(30)31)7-8-28-20(17)16-5-4-14(24)9-18(16)33-12-23(25,26)27/h3-10,32H,11-12H2,1-2H3. The Morgan fingerprint density at radius 3 is 2.48 bits per heavy atom. The van der Waals surface area contributed by atoms with E-state index in [1.165, 1.54) is 29.4 Å². The molecule has 1 amide bonds. The molecule has 0 bridgehead atoms. The van der Waals surface area contributed by atoms with Gasteiger partial charge in [-0.25, -0.2) is 9.37 Å². The molecule has 3 aromatic rings. The molecule has 4 rings (SSSR count). The van der Waals surface area contributed by atoms with E-state index < -0.39 is 24.2 Å². The number of ether oxygens (including phenoxy) is 1. The van der Waals surface area contributed by atoms with Crippen molar-refractivity contribution < 1.29 is 32.2 Å². The monoisotopic (exact) mass is 461 g/mol. The van der Waals surface area contributed by atoms with Gasteiger partial charge in [0.15, 0.2) is 6.61 Å². The number of halogens is 4. The van der Waals surface area contributed by atoms with Gasteiger partial charge >= 0.3 is 6.18 Å². The van der Waals surface area contributed by atoms with Crippen LogP contribution in [0.3, 0.4) is 0 Å². The highest BCUT2D eigenvalue weighted by Gasteiger charge is 2.34. The molecule has 0 radical (unpaired) electrons. The van der Waals surface area contributed by atoms with E-state index in [2.05, 4.69) is 9.97 Å². The first-order valence-corrected chi connectivity index (χ1v) is 9.92. The summed E-state index contributed by atoms with van der Waals surface area (Å²) < 4.78 is 56.6. The minimum absolute atomic E-state index is 0.0578. The molecule has 0 unspecified atom stereocenters. The van der Waals surface area contributed by atoms with Gasteiger partial charge in [0.25, 0.3) is 5.91 Å². The first kappa shape index (κ1) is 22.7. The van der Waals surface area contributed by atoms with Crippen molar-refractivity contribution in [1.29, 1.82) is 0 Å². The number of carbonyl (C=O) groups excluding carboxylic acids is 1. The molecule has 1 aromatic carbocycles. The maximum atomic E-state index is 13.7. The van der Waals surface area contributed by atoms with Gasteiger partial charge in [0, 0.05) is 40.7 Å². The van der Waals surface area contributed by atoms with Gasteiger partial charge in [-0.3, -0.25) is 14.7 Å². The van der Waals surface area contributed by atoms with Gasteiger partial charge in [-0.1, -0.05) is 6.07 Å². The van der Waals surface area contributed by atoms with Gasteiger partial charge < -0.3 is 9.84 Å². The largest absolute Gasteiger partial charge is 0.483 e. The molecule has 0 aliphatic carbocycles. The third kappa shape index (κ3) is 4.65. The predicted molar refractivity (Wildman–Crippen MR) is 111 cm³/mol. The molecule has 172 valence electrons. The van der Waals surface area contributed by atoms with Gasteiger partial charge in [0.05, 0.1) is 17.8 Å². The van der Waals surface area contributed by atoms with Crippen LogP contribution in [0.15, 0.2) is 48.8 Å². The summed E-state index contributed by atoms with van der Waals surface area (Å²) in [5.74, 6) is -1.12. The molecule has 0 atom stereocenters. The van der Waals surface area contributed by atoms with E-state index in [1.807, 2.05) is 0 Å². The molecule has 6 nitrogen and oxygen atoms in total. The van der Waals surface area contributed by atoms with Gasteiger partial charge in [-0.2, -0.15) is 13.2 Å². The lowest BCUT2D eigenvalue weighted by Gasteiger charge is -2.19. The predicted octanol–water partition coefficient (Wildman–Crippen LogP) is 4.61. The zero-order valence-corrected chi connectivity index (χ0v) is 17.7. The summed E-state index contributed by atoms with van der Waals surface area (Å²) in [6, 6.07) is 7.97. The highest BCUT2D eigenvalue weighted by molar-refractivity contribution is 6.10. The zero-order valence-electron chi connectivity index (χ0n) is 17.7. The van der Waals surface area contributed by atoms with Crippen molar-refractivity contribution in [3.8, 4) is 17.0 Å². The van der Waals surface area contributed by atoms with Gasteiger partial charge in [-0.05, 0) is 38.1 Å². The van der Waals surface area contributed by atoms with Crippen LogP contribution in [0.1, 0.15) is 35.3 Å². The van der Waals surface area contributed by atoms with Crippen molar-refractivity contribution in [2.75, 3.05) is 11.5 Å². The summed E-state index contributed by atoms with van der Waals surface area (Å²) in [6.07, 6.45) is -1.78. The van der Waals surface area contributed by atoms with Crippen LogP contribution < -0.4 is 9.64 Å². The molecule has 1 N–H and O–H groups in total. The highest BCUT2D eigenvalue weighted by atomic mass is 19.4. The number of fused-ring (bicyclic) bond motifs is 1. The summed E-state index contributed by atoms with van der Waals surface area (Å²) in [7, 11) is 0. The van der Waals surface area contributed by atoms with Crippen LogP contribution in [0, 0.1) is 5.82 Å². The quantitative estimate of drug-likeness (QED) is 0.562. The molecular formula is C23H19F4N3O3. The van der Waals surface area contributed by atoms with E-state index in [4.69, 9.17) is 4.74 Å². The Morgan fingerprint density at radius 1 is 1.09 bits per heavy atom. The minimum atomic E-state index is -4.61. The molecule has 33 heavy (non-hydrogen) atoms. The maximum absolute atomic E-state index is 13.7. The lowest BCUT2D eigenvalue weighted by molar-refractivity contribution is -0.153. The number of benzene rings is 1. The van der Waals surface area contributed by atoms with E-state index in [0.717, 1.165) is 12.1 Å². The summed E-state index contributed by atoms with van der Waals surface area (Å²) >= 11 is 0. The Morgan fingerprint density at radius 2 is 1.85 bits per heavy atom. The molecule has 2 aromatic heterocycles. The first-order valence-electron chi connectivity index (χ1n) is 9.92. The van der Waals surface area contributed by atoms with Gasteiger partial charge in [-0.15, -0.1) is 0 Å². The van der Waals surface area contributed by atoms with Gasteiger partial charge in [0.1, 0.15) is 17.4 Å². The summed E-state index contributed by atoms with van der Waals surface area (Å²) in [4.78, 5) is 22.9. The Bertz CT molecular complexity index is 1210. The minimum Gasteiger partial charge on any atom is -0.483 e. The molecule has 0 spiro atoms. The third-order valence-corrected chi connectivity index (χ3v) is 5.17. The lowest BCUT2D eigenvalue weighted by atomic mass is 10.0. The van der Waals surface area contributed by atoms with Crippen LogP contribution in [-0.2, 0) is 12.1 Å². The molecule has 1 aliphatic rings. The maximum Gasteiger partial charge on any atom is 0.422 e. The fourth-order valence-electron chi connectivity index (χ4n) is 3.52.